The van der Waals surface area contributed by atoms with Crippen LogP contribution in [-0.4, -0.2) is 55.6 Å². The van der Waals surface area contributed by atoms with Crippen LogP contribution in [0.3, 0.4) is 0 Å². The number of rotatable bonds is 5. The lowest BCUT2D eigenvalue weighted by molar-refractivity contribution is -0.148. The molecule has 0 radical (unpaired) electrons. The third-order valence-corrected chi connectivity index (χ3v) is 4.76. The van der Waals surface area contributed by atoms with Gasteiger partial charge in [0.2, 0.25) is 5.91 Å². The van der Waals surface area contributed by atoms with Gasteiger partial charge in [-0.05, 0) is 39.6 Å². The van der Waals surface area contributed by atoms with Crippen LogP contribution in [0.25, 0.3) is 0 Å². The second-order valence-corrected chi connectivity index (χ2v) is 7.13. The van der Waals surface area contributed by atoms with Crippen LogP contribution in [0.2, 0.25) is 5.02 Å². The van der Waals surface area contributed by atoms with Gasteiger partial charge in [-0.2, -0.15) is 0 Å². The van der Waals surface area contributed by atoms with Crippen LogP contribution in [0, 0.1) is 0 Å². The van der Waals surface area contributed by atoms with Crippen molar-refractivity contribution in [1.29, 1.82) is 0 Å². The minimum atomic E-state index is -0.819. The van der Waals surface area contributed by atoms with Gasteiger partial charge < -0.3 is 20.3 Å². The smallest absolute Gasteiger partial charge is 0.251 e. The van der Waals surface area contributed by atoms with E-state index >= 15 is 0 Å². The van der Waals surface area contributed by atoms with Crippen molar-refractivity contribution in [2.45, 2.75) is 31.5 Å². The van der Waals surface area contributed by atoms with Crippen LogP contribution in [-0.2, 0) is 14.3 Å². The zero-order valence-electron chi connectivity index (χ0n) is 14.4. The van der Waals surface area contributed by atoms with Crippen molar-refractivity contribution < 1.29 is 14.3 Å². The predicted octanol–water partition coefficient (Wildman–Crippen LogP) is 1.35. The number of morpholine rings is 1. The minimum Gasteiger partial charge on any atom is -0.356 e. The maximum absolute atomic E-state index is 12.6. The van der Waals surface area contributed by atoms with Crippen molar-refractivity contribution in [3.05, 3.63) is 34.9 Å². The first-order chi connectivity index (χ1) is 11.2. The highest BCUT2D eigenvalue weighted by Gasteiger charge is 2.37. The quantitative estimate of drug-likeness (QED) is 0.838. The fourth-order valence-electron chi connectivity index (χ4n) is 2.31. The molecule has 2 amide bonds. The Labute approximate surface area is 147 Å². The molecule has 1 aromatic carbocycles. The summed E-state index contributed by atoms with van der Waals surface area (Å²) in [5, 5.41) is 6.20. The van der Waals surface area contributed by atoms with E-state index in [1.807, 2.05) is 38.9 Å². The SMILES string of the molecule is CN(C)C(C)(C)CNC(=O)C1OCC(=O)NC1c1ccccc1Cl. The number of carbonyl (C=O) groups excluding carboxylic acids is 2. The Kier molecular flexibility index (Phi) is 5.85. The Hall–Kier alpha value is -1.63. The largest absolute Gasteiger partial charge is 0.356 e. The topological polar surface area (TPSA) is 70.7 Å². The average molecular weight is 354 g/mol. The Bertz CT molecular complexity index is 619. The van der Waals surface area contributed by atoms with E-state index in [1.165, 1.54) is 0 Å². The molecule has 0 saturated carbocycles. The number of halogens is 1. The third-order valence-electron chi connectivity index (χ3n) is 4.42. The molecule has 2 unspecified atom stereocenters. The molecular weight excluding hydrogens is 330 g/mol. The monoisotopic (exact) mass is 353 g/mol. The molecule has 0 aliphatic carbocycles. The number of likely N-dealkylation sites (N-methyl/N-ethyl adjacent to an activating group) is 1. The number of ether oxygens (including phenoxy) is 1. The number of carbonyl (C=O) groups is 2. The molecule has 6 nitrogen and oxygen atoms in total. The summed E-state index contributed by atoms with van der Waals surface area (Å²) in [5.74, 6) is -0.535. The van der Waals surface area contributed by atoms with Gasteiger partial charge >= 0.3 is 0 Å². The molecule has 1 saturated heterocycles. The number of benzene rings is 1. The van der Waals surface area contributed by atoms with E-state index in [0.717, 1.165) is 0 Å². The fourth-order valence-corrected chi connectivity index (χ4v) is 2.56. The molecule has 1 aromatic rings. The Morgan fingerprint density at radius 2 is 2.08 bits per heavy atom. The van der Waals surface area contributed by atoms with Crippen LogP contribution in [0.1, 0.15) is 25.5 Å². The normalized spacial score (nSPS) is 21.5. The van der Waals surface area contributed by atoms with Gasteiger partial charge in [0.15, 0.2) is 6.10 Å². The summed E-state index contributed by atoms with van der Waals surface area (Å²) in [6.45, 7) is 4.38. The average Bonchev–Trinajstić information content (AvgIpc) is 2.53. The van der Waals surface area contributed by atoms with Crippen molar-refractivity contribution in [3.8, 4) is 0 Å². The molecule has 0 aromatic heterocycles. The van der Waals surface area contributed by atoms with Gasteiger partial charge in [-0.3, -0.25) is 9.59 Å². The predicted molar refractivity (Wildman–Crippen MR) is 92.9 cm³/mol. The van der Waals surface area contributed by atoms with Crippen molar-refractivity contribution in [2.75, 3.05) is 27.2 Å². The van der Waals surface area contributed by atoms with E-state index < -0.39 is 12.1 Å². The molecule has 2 rings (SSSR count). The molecular formula is C17H24ClN3O3. The molecule has 132 valence electrons. The van der Waals surface area contributed by atoms with Gasteiger partial charge in [-0.15, -0.1) is 0 Å². The highest BCUT2D eigenvalue weighted by Crippen LogP contribution is 2.28. The number of nitrogens with zero attached hydrogens (tertiary/aromatic N) is 1. The van der Waals surface area contributed by atoms with Crippen LogP contribution < -0.4 is 10.6 Å². The number of nitrogens with one attached hydrogen (secondary N) is 2. The van der Waals surface area contributed by atoms with Gasteiger partial charge in [0, 0.05) is 17.1 Å². The fraction of sp³-hybridized carbons (Fsp3) is 0.529. The summed E-state index contributed by atoms with van der Waals surface area (Å²) in [6, 6.07) is 6.51. The Balaban J connectivity index is 2.15. The first kappa shape index (κ1) is 18.7. The first-order valence-electron chi connectivity index (χ1n) is 7.83. The zero-order valence-corrected chi connectivity index (χ0v) is 15.2. The lowest BCUT2D eigenvalue weighted by Crippen LogP contribution is -2.55. The molecule has 0 bridgehead atoms. The van der Waals surface area contributed by atoms with E-state index in [-0.39, 0.29) is 24.0 Å². The van der Waals surface area contributed by atoms with Crippen molar-refractivity contribution in [2.24, 2.45) is 0 Å². The summed E-state index contributed by atoms with van der Waals surface area (Å²) in [5.41, 5.74) is 0.465. The molecule has 2 atom stereocenters. The highest BCUT2D eigenvalue weighted by molar-refractivity contribution is 6.31. The summed E-state index contributed by atoms with van der Waals surface area (Å²) < 4.78 is 5.50. The number of hydrogen-bond donors (Lipinski definition) is 2. The summed E-state index contributed by atoms with van der Waals surface area (Å²) in [7, 11) is 3.91. The van der Waals surface area contributed by atoms with Crippen LogP contribution in [0.15, 0.2) is 24.3 Å². The minimum absolute atomic E-state index is 0.143. The van der Waals surface area contributed by atoms with E-state index in [9.17, 15) is 9.59 Å². The molecule has 1 fully saturated rings. The van der Waals surface area contributed by atoms with E-state index in [2.05, 4.69) is 10.6 Å². The summed E-state index contributed by atoms with van der Waals surface area (Å²) in [4.78, 5) is 26.4. The Morgan fingerprint density at radius 3 is 2.71 bits per heavy atom. The van der Waals surface area contributed by atoms with E-state index in [0.29, 0.717) is 17.1 Å². The molecule has 2 N–H and O–H groups in total. The van der Waals surface area contributed by atoms with Gasteiger partial charge in [0.25, 0.3) is 5.91 Å². The number of amides is 2. The molecule has 1 aliphatic rings. The van der Waals surface area contributed by atoms with Crippen LogP contribution in [0.5, 0.6) is 0 Å². The van der Waals surface area contributed by atoms with Gasteiger partial charge in [0.05, 0.1) is 6.04 Å². The second kappa shape index (κ2) is 7.51. The second-order valence-electron chi connectivity index (χ2n) is 6.72. The van der Waals surface area contributed by atoms with Gasteiger partial charge in [0.1, 0.15) is 6.61 Å². The Morgan fingerprint density at radius 1 is 1.42 bits per heavy atom. The molecule has 1 heterocycles. The molecule has 1 aliphatic heterocycles. The summed E-state index contributed by atoms with van der Waals surface area (Å²) >= 11 is 6.22. The van der Waals surface area contributed by atoms with Crippen LogP contribution in [0.4, 0.5) is 0 Å². The zero-order chi connectivity index (χ0) is 17.9. The van der Waals surface area contributed by atoms with Gasteiger partial charge in [-0.25, -0.2) is 0 Å². The third kappa shape index (κ3) is 4.26. The molecule has 7 heteroatoms. The van der Waals surface area contributed by atoms with E-state index in [4.69, 9.17) is 16.3 Å². The first-order valence-corrected chi connectivity index (χ1v) is 8.20. The standard InChI is InChI=1S/C17H24ClN3O3/c1-17(2,21(3)4)10-19-16(23)15-14(20-13(22)9-24-15)11-7-5-6-8-12(11)18/h5-8,14-15H,9-10H2,1-4H3,(H,19,23)(H,20,22). The maximum atomic E-state index is 12.6. The summed E-state index contributed by atoms with van der Waals surface area (Å²) in [6.07, 6.45) is -0.819. The van der Waals surface area contributed by atoms with Gasteiger partial charge in [-0.1, -0.05) is 29.8 Å². The lowest BCUT2D eigenvalue weighted by Gasteiger charge is -2.35. The van der Waals surface area contributed by atoms with Crippen molar-refractivity contribution in [1.82, 2.24) is 15.5 Å². The number of hydrogen-bond acceptors (Lipinski definition) is 4. The van der Waals surface area contributed by atoms with Crippen LogP contribution >= 0.6 is 11.6 Å². The van der Waals surface area contributed by atoms with Crippen molar-refractivity contribution in [3.63, 3.8) is 0 Å². The molecule has 24 heavy (non-hydrogen) atoms. The van der Waals surface area contributed by atoms with Crippen molar-refractivity contribution >= 4 is 23.4 Å². The highest BCUT2D eigenvalue weighted by atomic mass is 35.5. The maximum Gasteiger partial charge on any atom is 0.251 e. The molecule has 0 spiro atoms. The van der Waals surface area contributed by atoms with E-state index in [1.54, 1.807) is 18.2 Å². The lowest BCUT2D eigenvalue weighted by atomic mass is 9.98.